The van der Waals surface area contributed by atoms with Gasteiger partial charge in [-0.15, -0.1) is 0 Å². The van der Waals surface area contributed by atoms with Crippen molar-refractivity contribution in [1.82, 2.24) is 5.32 Å². The Morgan fingerprint density at radius 1 is 0.595 bits per heavy atom. The number of nitrogens with one attached hydrogen (secondary N) is 1. The van der Waals surface area contributed by atoms with Crippen LogP contribution in [-0.2, 0) is 0 Å². The molecule has 0 aliphatic carbocycles. The fourth-order valence-corrected chi connectivity index (χ4v) is 6.66. The van der Waals surface area contributed by atoms with Crippen molar-refractivity contribution in [2.24, 2.45) is 38.7 Å². The van der Waals surface area contributed by atoms with Crippen molar-refractivity contribution in [3.8, 4) is 0 Å². The van der Waals surface area contributed by atoms with E-state index in [1.807, 2.05) is 72.8 Å². The molecule has 6 rings (SSSR count). The van der Waals surface area contributed by atoms with Crippen molar-refractivity contribution in [2.75, 3.05) is 0 Å². The number of hydrogen-bond donors (Lipinski definition) is 3. The zero-order valence-electron chi connectivity index (χ0n) is 22.6. The molecule has 1 saturated heterocycles. The summed E-state index contributed by atoms with van der Waals surface area (Å²) in [4.78, 5) is 38.4. The van der Waals surface area contributed by atoms with E-state index in [0.717, 1.165) is 11.1 Å². The first-order valence-electron chi connectivity index (χ1n) is 13.7. The molecule has 0 amide bonds. The van der Waals surface area contributed by atoms with Crippen LogP contribution in [0.5, 0.6) is 0 Å². The van der Waals surface area contributed by atoms with Gasteiger partial charge in [-0.05, 0) is 23.3 Å². The van der Waals surface area contributed by atoms with Crippen molar-refractivity contribution in [1.29, 1.82) is 0 Å². The van der Waals surface area contributed by atoms with Crippen LogP contribution in [0.1, 0.15) is 43.9 Å². The van der Waals surface area contributed by atoms with E-state index in [1.54, 1.807) is 48.5 Å². The summed E-state index contributed by atoms with van der Waals surface area (Å²) in [5, 5.41) is 3.67. The van der Waals surface area contributed by atoms with Crippen LogP contribution in [0.25, 0.3) is 0 Å². The molecular formula is C34H29N5O2S. The standard InChI is InChI=1S/C34H29N5O2S/c35-31-34(32(36)39-33(42)38-31)25(29(40)23-17-9-3-10-18-23)27(21-13-5-1-6-14-21)37-28(22-15-7-2-8-16-22)26(34)30(41)24-19-11-4-12-20-24/h1-20,25-28,37H,(H4,35,36,38,39,42)/t25-,26+,27+,28-. The molecule has 4 atom stereocenters. The number of aliphatic imine (C=N–C) groups is 2. The lowest BCUT2D eigenvalue weighted by Gasteiger charge is -2.55. The molecule has 1 spiro atoms. The molecule has 0 bridgehead atoms. The number of hydrogen-bond acceptors (Lipinski definition) is 6. The van der Waals surface area contributed by atoms with Crippen LogP contribution in [0.4, 0.5) is 0 Å². The maximum atomic E-state index is 14.8. The minimum absolute atomic E-state index is 0.00641. The van der Waals surface area contributed by atoms with Crippen LogP contribution < -0.4 is 16.8 Å². The van der Waals surface area contributed by atoms with Gasteiger partial charge >= 0.3 is 0 Å². The number of amidine groups is 2. The third-order valence-electron chi connectivity index (χ3n) is 8.29. The van der Waals surface area contributed by atoms with E-state index in [2.05, 4.69) is 15.3 Å². The Morgan fingerprint density at radius 2 is 0.929 bits per heavy atom. The number of Topliss-reactive ketones (excluding diaryl/α,β-unsaturated/α-hetero) is 2. The van der Waals surface area contributed by atoms with Gasteiger partial charge < -0.3 is 16.8 Å². The summed E-state index contributed by atoms with van der Waals surface area (Å²) in [5.74, 6) is -2.44. The first-order chi connectivity index (χ1) is 20.4. The van der Waals surface area contributed by atoms with Crippen molar-refractivity contribution in [3.05, 3.63) is 144 Å². The molecule has 1 fully saturated rings. The number of rotatable bonds is 6. The van der Waals surface area contributed by atoms with E-state index in [1.165, 1.54) is 0 Å². The lowest BCUT2D eigenvalue weighted by molar-refractivity contribution is 0.0463. The van der Waals surface area contributed by atoms with Gasteiger partial charge in [-0.2, -0.15) is 0 Å². The van der Waals surface area contributed by atoms with E-state index in [4.69, 9.17) is 23.7 Å². The van der Waals surface area contributed by atoms with Crippen molar-refractivity contribution in [3.63, 3.8) is 0 Å². The second-order valence-electron chi connectivity index (χ2n) is 10.5. The molecule has 2 heterocycles. The highest BCUT2D eigenvalue weighted by Crippen LogP contribution is 2.55. The van der Waals surface area contributed by atoms with Gasteiger partial charge in [0.25, 0.3) is 0 Å². The molecule has 8 heteroatoms. The van der Waals surface area contributed by atoms with E-state index in [9.17, 15) is 9.59 Å². The zero-order chi connectivity index (χ0) is 29.3. The topological polar surface area (TPSA) is 123 Å². The van der Waals surface area contributed by atoms with Crippen LogP contribution in [0.2, 0.25) is 0 Å². The van der Waals surface area contributed by atoms with Crippen LogP contribution in [0.3, 0.4) is 0 Å². The predicted molar refractivity (Wildman–Crippen MR) is 168 cm³/mol. The molecule has 208 valence electrons. The number of carbonyl (C=O) groups is 2. The summed E-state index contributed by atoms with van der Waals surface area (Å²) >= 11 is 5.33. The number of benzene rings is 4. The van der Waals surface area contributed by atoms with E-state index < -0.39 is 29.3 Å². The van der Waals surface area contributed by atoms with Gasteiger partial charge in [0.15, 0.2) is 11.6 Å². The summed E-state index contributed by atoms with van der Waals surface area (Å²) < 4.78 is 0. The van der Waals surface area contributed by atoms with Crippen LogP contribution in [-0.4, -0.2) is 28.4 Å². The molecule has 0 saturated carbocycles. The highest BCUT2D eigenvalue weighted by atomic mass is 32.1. The summed E-state index contributed by atoms with van der Waals surface area (Å²) in [6.07, 6.45) is 0. The van der Waals surface area contributed by atoms with Gasteiger partial charge in [0.1, 0.15) is 17.1 Å². The van der Waals surface area contributed by atoms with E-state index in [-0.39, 0.29) is 28.4 Å². The Bertz CT molecular complexity index is 1570. The molecule has 0 aromatic heterocycles. The molecule has 7 nitrogen and oxygen atoms in total. The average molecular weight is 572 g/mol. The SMILES string of the molecule is NC1=NC(=S)N=C(N)C12[C@H](C(=O)c1ccccc1)[C@@H](c1ccccc1)N[C@@H](c1ccccc1)[C@@H]2C(=O)c1ccccc1. The Balaban J connectivity index is 1.69. The third kappa shape index (κ3) is 4.55. The Hall–Kier alpha value is -4.79. The van der Waals surface area contributed by atoms with Crippen LogP contribution >= 0.6 is 12.2 Å². The van der Waals surface area contributed by atoms with Crippen molar-refractivity contribution >= 4 is 40.6 Å². The first kappa shape index (κ1) is 27.4. The number of piperidine rings is 1. The second kappa shape index (κ2) is 11.2. The second-order valence-corrected chi connectivity index (χ2v) is 10.9. The summed E-state index contributed by atoms with van der Waals surface area (Å²) in [6, 6.07) is 36.0. The third-order valence-corrected chi connectivity index (χ3v) is 8.47. The maximum Gasteiger partial charge on any atom is 0.222 e. The quantitative estimate of drug-likeness (QED) is 0.219. The van der Waals surface area contributed by atoms with Gasteiger partial charge in [-0.3, -0.25) is 9.59 Å². The Labute approximate surface area is 249 Å². The molecule has 4 aromatic rings. The van der Waals surface area contributed by atoms with Gasteiger partial charge in [0.2, 0.25) is 5.11 Å². The highest BCUT2D eigenvalue weighted by molar-refractivity contribution is 7.80. The van der Waals surface area contributed by atoms with E-state index in [0.29, 0.717) is 11.1 Å². The minimum atomic E-state index is -1.60. The van der Waals surface area contributed by atoms with Gasteiger partial charge in [0, 0.05) is 23.2 Å². The summed E-state index contributed by atoms with van der Waals surface area (Å²) in [5.41, 5.74) is 14.8. The Kier molecular flexibility index (Phi) is 7.33. The lowest BCUT2D eigenvalue weighted by Crippen LogP contribution is -2.69. The highest BCUT2D eigenvalue weighted by Gasteiger charge is 2.66. The summed E-state index contributed by atoms with van der Waals surface area (Å²) in [7, 11) is 0. The van der Waals surface area contributed by atoms with Crippen molar-refractivity contribution < 1.29 is 9.59 Å². The minimum Gasteiger partial charge on any atom is -0.386 e. The van der Waals surface area contributed by atoms with E-state index >= 15 is 0 Å². The molecule has 2 aliphatic heterocycles. The number of nitrogens with zero attached hydrogens (tertiary/aromatic N) is 2. The molecule has 0 unspecified atom stereocenters. The number of thiocarbonyl (C=S) groups is 1. The smallest absolute Gasteiger partial charge is 0.222 e. The fraction of sp³-hybridized carbons (Fsp3) is 0.147. The normalized spacial score (nSPS) is 23.1. The molecule has 42 heavy (non-hydrogen) atoms. The Morgan fingerprint density at radius 3 is 1.29 bits per heavy atom. The fourth-order valence-electron chi connectivity index (χ4n) is 6.47. The molecular weight excluding hydrogens is 542 g/mol. The molecule has 5 N–H and O–H groups in total. The number of nitrogens with two attached hydrogens (primary N) is 2. The summed E-state index contributed by atoms with van der Waals surface area (Å²) in [6.45, 7) is 0. The molecule has 4 aromatic carbocycles. The zero-order valence-corrected chi connectivity index (χ0v) is 23.4. The first-order valence-corrected chi connectivity index (χ1v) is 14.1. The largest absolute Gasteiger partial charge is 0.386 e. The van der Waals surface area contributed by atoms with Crippen LogP contribution in [0, 0.1) is 17.3 Å². The maximum absolute atomic E-state index is 14.8. The predicted octanol–water partition coefficient (Wildman–Crippen LogP) is 5.07. The molecule has 2 aliphatic rings. The van der Waals surface area contributed by atoms with Crippen molar-refractivity contribution in [2.45, 2.75) is 12.1 Å². The average Bonchev–Trinajstić information content (AvgIpc) is 3.04. The lowest BCUT2D eigenvalue weighted by atomic mass is 9.52. The monoisotopic (exact) mass is 571 g/mol. The van der Waals surface area contributed by atoms with Crippen LogP contribution in [0.15, 0.2) is 131 Å². The number of ketones is 2. The molecule has 0 radical (unpaired) electrons. The van der Waals surface area contributed by atoms with Gasteiger partial charge in [0.05, 0.1) is 11.8 Å². The number of carbonyl (C=O) groups excluding carboxylic acids is 2. The van der Waals surface area contributed by atoms with Gasteiger partial charge in [-0.25, -0.2) is 9.98 Å². The van der Waals surface area contributed by atoms with Gasteiger partial charge in [-0.1, -0.05) is 121 Å².